The number of thiophene rings is 1. The number of esters is 1. The Hall–Kier alpha value is -3.32. The Kier molecular flexibility index (Phi) is 8.89. The molecule has 0 unspecified atom stereocenters. The molecule has 0 saturated carbocycles. The van der Waals surface area contributed by atoms with Gasteiger partial charge in [-0.05, 0) is 56.5 Å². The van der Waals surface area contributed by atoms with Gasteiger partial charge in [0, 0.05) is 17.4 Å². The first-order valence-electron chi connectivity index (χ1n) is 11.0. The lowest BCUT2D eigenvalue weighted by Gasteiger charge is -2.10. The van der Waals surface area contributed by atoms with Crippen LogP contribution < -0.4 is 14.8 Å². The molecule has 2 aromatic carbocycles. The smallest absolute Gasteiger partial charge is 0.341 e. The summed E-state index contributed by atoms with van der Waals surface area (Å²) < 4.78 is 16.5. The highest BCUT2D eigenvalue weighted by atomic mass is 32.1. The molecule has 6 nitrogen and oxygen atoms in total. The Morgan fingerprint density at radius 3 is 2.42 bits per heavy atom. The fraction of sp³-hybridized carbons (Fsp3) is 0.308. The fourth-order valence-corrected chi connectivity index (χ4v) is 4.26. The summed E-state index contributed by atoms with van der Waals surface area (Å²) in [6.07, 6.45) is 0.844. The van der Waals surface area contributed by atoms with Crippen LogP contribution in [-0.2, 0) is 9.53 Å². The molecule has 0 fully saturated rings. The minimum atomic E-state index is -0.458. The molecule has 0 atom stereocenters. The zero-order valence-electron chi connectivity index (χ0n) is 19.2. The Morgan fingerprint density at radius 1 is 0.970 bits per heavy atom. The van der Waals surface area contributed by atoms with E-state index < -0.39 is 5.97 Å². The first kappa shape index (κ1) is 24.3. The zero-order chi connectivity index (χ0) is 23.6. The molecular weight excluding hydrogens is 438 g/mol. The number of rotatable bonds is 11. The van der Waals surface area contributed by atoms with Gasteiger partial charge in [0.2, 0.25) is 5.91 Å². The first-order valence-corrected chi connectivity index (χ1v) is 11.9. The normalized spacial score (nSPS) is 10.5. The van der Waals surface area contributed by atoms with Gasteiger partial charge < -0.3 is 19.5 Å². The van der Waals surface area contributed by atoms with Gasteiger partial charge in [-0.25, -0.2) is 4.79 Å². The predicted molar refractivity (Wildman–Crippen MR) is 131 cm³/mol. The van der Waals surface area contributed by atoms with Crippen LogP contribution in [-0.4, -0.2) is 31.7 Å². The second kappa shape index (κ2) is 12.1. The second-order valence-corrected chi connectivity index (χ2v) is 8.18. The molecule has 3 aromatic rings. The van der Waals surface area contributed by atoms with Crippen LogP contribution in [0.5, 0.6) is 11.5 Å². The average molecular weight is 468 g/mol. The maximum Gasteiger partial charge on any atom is 0.341 e. The maximum absolute atomic E-state index is 12.7. The molecule has 1 heterocycles. The Balaban J connectivity index is 1.67. The van der Waals surface area contributed by atoms with E-state index in [4.69, 9.17) is 14.2 Å². The van der Waals surface area contributed by atoms with E-state index in [1.165, 1.54) is 11.3 Å². The number of ether oxygens (including phenoxy) is 3. The van der Waals surface area contributed by atoms with Gasteiger partial charge in [-0.2, -0.15) is 0 Å². The number of aryl methyl sites for hydroxylation is 1. The standard InChI is InChI=1S/C26H29NO5S/c1-4-30-20-14-12-19(13-15-20)21-17-33-25(24(21)26(29)31-5-2)27-23(28)11-8-16-32-22-10-7-6-9-18(22)3/h6-7,9-10,12-15,17H,4-5,8,11,16H2,1-3H3,(H,27,28). The van der Waals surface area contributed by atoms with Crippen molar-refractivity contribution in [2.24, 2.45) is 0 Å². The highest BCUT2D eigenvalue weighted by Gasteiger charge is 2.22. The molecule has 1 amide bonds. The lowest BCUT2D eigenvalue weighted by Crippen LogP contribution is -2.15. The Morgan fingerprint density at radius 2 is 1.73 bits per heavy atom. The summed E-state index contributed by atoms with van der Waals surface area (Å²) in [6.45, 7) is 6.94. The number of hydrogen-bond donors (Lipinski definition) is 1. The number of nitrogens with one attached hydrogen (secondary N) is 1. The molecule has 174 valence electrons. The molecule has 0 bridgehead atoms. The van der Waals surface area contributed by atoms with Crippen molar-refractivity contribution < 1.29 is 23.8 Å². The summed E-state index contributed by atoms with van der Waals surface area (Å²) in [5.41, 5.74) is 3.00. The van der Waals surface area contributed by atoms with Crippen molar-refractivity contribution in [3.05, 3.63) is 65.0 Å². The lowest BCUT2D eigenvalue weighted by molar-refractivity contribution is -0.116. The molecule has 7 heteroatoms. The number of anilines is 1. The maximum atomic E-state index is 12.7. The molecule has 3 rings (SSSR count). The fourth-order valence-electron chi connectivity index (χ4n) is 3.29. The third-order valence-corrected chi connectivity index (χ3v) is 5.79. The van der Waals surface area contributed by atoms with Gasteiger partial charge in [0.05, 0.1) is 19.8 Å². The minimum absolute atomic E-state index is 0.172. The minimum Gasteiger partial charge on any atom is -0.494 e. The molecule has 0 aliphatic carbocycles. The van der Waals surface area contributed by atoms with Gasteiger partial charge >= 0.3 is 5.97 Å². The van der Waals surface area contributed by atoms with Gasteiger partial charge in [0.15, 0.2) is 0 Å². The SMILES string of the molecule is CCOC(=O)c1c(-c2ccc(OCC)cc2)csc1NC(=O)CCCOc1ccccc1C. The van der Waals surface area contributed by atoms with Crippen LogP contribution in [0, 0.1) is 6.92 Å². The van der Waals surface area contributed by atoms with Gasteiger partial charge in [-0.15, -0.1) is 11.3 Å². The summed E-state index contributed by atoms with van der Waals surface area (Å²) in [7, 11) is 0. The molecule has 0 saturated heterocycles. The van der Waals surface area contributed by atoms with Crippen LogP contribution in [0.15, 0.2) is 53.9 Å². The van der Waals surface area contributed by atoms with E-state index in [1.807, 2.05) is 67.8 Å². The van der Waals surface area contributed by atoms with Crippen LogP contribution in [0.3, 0.4) is 0 Å². The monoisotopic (exact) mass is 467 g/mol. The molecule has 1 aromatic heterocycles. The van der Waals surface area contributed by atoms with Gasteiger partial charge in [-0.3, -0.25) is 4.79 Å². The van der Waals surface area contributed by atoms with E-state index in [-0.39, 0.29) is 18.9 Å². The number of carbonyl (C=O) groups is 2. The van der Waals surface area contributed by atoms with Crippen molar-refractivity contribution in [1.29, 1.82) is 0 Å². The Labute approximate surface area is 198 Å². The molecule has 1 N–H and O–H groups in total. The van der Waals surface area contributed by atoms with Crippen molar-refractivity contribution in [2.75, 3.05) is 25.1 Å². The summed E-state index contributed by atoms with van der Waals surface area (Å²) >= 11 is 1.31. The molecular formula is C26H29NO5S. The molecule has 33 heavy (non-hydrogen) atoms. The van der Waals surface area contributed by atoms with E-state index in [0.717, 1.165) is 28.2 Å². The summed E-state index contributed by atoms with van der Waals surface area (Å²) in [5, 5.41) is 5.23. The zero-order valence-corrected chi connectivity index (χ0v) is 20.0. The van der Waals surface area contributed by atoms with E-state index in [0.29, 0.717) is 30.2 Å². The van der Waals surface area contributed by atoms with Gasteiger partial charge in [-0.1, -0.05) is 30.3 Å². The van der Waals surface area contributed by atoms with Crippen LogP contribution >= 0.6 is 11.3 Å². The summed E-state index contributed by atoms with van der Waals surface area (Å²) in [4.78, 5) is 25.3. The number of para-hydroxylation sites is 1. The number of benzene rings is 2. The van der Waals surface area contributed by atoms with Crippen molar-refractivity contribution in [3.63, 3.8) is 0 Å². The van der Waals surface area contributed by atoms with Crippen LogP contribution in [0.2, 0.25) is 0 Å². The van der Waals surface area contributed by atoms with Gasteiger partial charge in [0.25, 0.3) is 0 Å². The third-order valence-electron chi connectivity index (χ3n) is 4.90. The van der Waals surface area contributed by atoms with E-state index in [9.17, 15) is 9.59 Å². The van der Waals surface area contributed by atoms with Crippen molar-refractivity contribution in [2.45, 2.75) is 33.6 Å². The predicted octanol–water partition coefficient (Wildman–Crippen LogP) is 6.10. The molecule has 0 spiro atoms. The average Bonchev–Trinajstić information content (AvgIpc) is 3.22. The second-order valence-electron chi connectivity index (χ2n) is 7.30. The van der Waals surface area contributed by atoms with Crippen LogP contribution in [0.1, 0.15) is 42.6 Å². The van der Waals surface area contributed by atoms with Crippen molar-refractivity contribution >= 4 is 28.2 Å². The Bertz CT molecular complexity index is 1070. The van der Waals surface area contributed by atoms with Crippen molar-refractivity contribution in [3.8, 4) is 22.6 Å². The van der Waals surface area contributed by atoms with Crippen LogP contribution in [0.25, 0.3) is 11.1 Å². The van der Waals surface area contributed by atoms with Crippen LogP contribution in [0.4, 0.5) is 5.00 Å². The summed E-state index contributed by atoms with van der Waals surface area (Å²) in [5.74, 6) is 0.950. The highest BCUT2D eigenvalue weighted by Crippen LogP contribution is 2.37. The summed E-state index contributed by atoms with van der Waals surface area (Å²) in [6, 6.07) is 15.3. The van der Waals surface area contributed by atoms with Crippen molar-refractivity contribution in [1.82, 2.24) is 0 Å². The van der Waals surface area contributed by atoms with E-state index in [1.54, 1.807) is 6.92 Å². The first-order chi connectivity index (χ1) is 16.0. The molecule has 0 radical (unpaired) electrons. The highest BCUT2D eigenvalue weighted by molar-refractivity contribution is 7.15. The third kappa shape index (κ3) is 6.58. The quantitative estimate of drug-likeness (QED) is 0.273. The topological polar surface area (TPSA) is 73.9 Å². The molecule has 0 aliphatic rings. The number of hydrogen-bond acceptors (Lipinski definition) is 6. The largest absolute Gasteiger partial charge is 0.494 e. The number of carbonyl (C=O) groups excluding carboxylic acids is 2. The van der Waals surface area contributed by atoms with Gasteiger partial charge in [0.1, 0.15) is 22.1 Å². The lowest BCUT2D eigenvalue weighted by atomic mass is 10.0. The van der Waals surface area contributed by atoms with E-state index >= 15 is 0 Å². The number of amides is 1. The molecule has 0 aliphatic heterocycles. The van der Waals surface area contributed by atoms with E-state index in [2.05, 4.69) is 5.32 Å².